The maximum Gasteiger partial charge on any atom is 0.115 e. The smallest absolute Gasteiger partial charge is 0.115 e. The summed E-state index contributed by atoms with van der Waals surface area (Å²) in [4.78, 5) is 10.3. The minimum absolute atomic E-state index is 0.0231. The second kappa shape index (κ2) is 5.37. The summed E-state index contributed by atoms with van der Waals surface area (Å²) in [7, 11) is 4.16. The minimum atomic E-state index is -0.0568. The van der Waals surface area contributed by atoms with Crippen LogP contribution in [0, 0.1) is 0 Å². The van der Waals surface area contributed by atoms with Crippen molar-refractivity contribution in [1.29, 1.82) is 0 Å². The van der Waals surface area contributed by atoms with E-state index in [9.17, 15) is 0 Å². The molecule has 0 radical (unpaired) electrons. The van der Waals surface area contributed by atoms with Gasteiger partial charge in [0.25, 0.3) is 0 Å². The van der Waals surface area contributed by atoms with E-state index < -0.39 is 0 Å². The van der Waals surface area contributed by atoms with Crippen LogP contribution in [0.3, 0.4) is 0 Å². The van der Waals surface area contributed by atoms with Crippen molar-refractivity contribution in [2.24, 2.45) is 5.73 Å². The van der Waals surface area contributed by atoms with Gasteiger partial charge in [-0.1, -0.05) is 13.8 Å². The second-order valence-electron chi connectivity index (χ2n) is 4.35. The third-order valence-electron chi connectivity index (χ3n) is 3.63. The fourth-order valence-corrected chi connectivity index (χ4v) is 2.38. The van der Waals surface area contributed by atoms with Crippen molar-refractivity contribution >= 4 is 0 Å². The Bertz CT molecular complexity index is 306. The molecule has 1 aromatic rings. The Hall–Kier alpha value is -1.00. The summed E-state index contributed by atoms with van der Waals surface area (Å²) >= 11 is 0. The fourth-order valence-electron chi connectivity index (χ4n) is 2.38. The van der Waals surface area contributed by atoms with Crippen LogP contribution in [-0.4, -0.2) is 34.5 Å². The van der Waals surface area contributed by atoms with Crippen LogP contribution in [0.1, 0.15) is 38.3 Å². The van der Waals surface area contributed by atoms with E-state index in [0.717, 1.165) is 18.4 Å². The van der Waals surface area contributed by atoms with Crippen molar-refractivity contribution in [2.45, 2.75) is 38.3 Å². The zero-order valence-corrected chi connectivity index (χ0v) is 10.6. The lowest BCUT2D eigenvalue weighted by Gasteiger charge is -2.43. The lowest BCUT2D eigenvalue weighted by molar-refractivity contribution is 0.105. The van der Waals surface area contributed by atoms with Crippen LogP contribution < -0.4 is 5.73 Å². The maximum absolute atomic E-state index is 6.37. The predicted octanol–water partition coefficient (Wildman–Crippen LogP) is 1.60. The average molecular weight is 222 g/mol. The molecule has 1 rings (SSSR count). The third kappa shape index (κ3) is 2.23. The molecule has 16 heavy (non-hydrogen) atoms. The van der Waals surface area contributed by atoms with Gasteiger partial charge in [-0.2, -0.15) is 0 Å². The summed E-state index contributed by atoms with van der Waals surface area (Å²) in [6.45, 7) is 4.35. The first-order valence-electron chi connectivity index (χ1n) is 5.76. The van der Waals surface area contributed by atoms with Gasteiger partial charge in [-0.3, -0.25) is 0 Å². The van der Waals surface area contributed by atoms with Gasteiger partial charge in [0, 0.05) is 23.5 Å². The molecule has 4 nitrogen and oxygen atoms in total. The number of hydrogen-bond acceptors (Lipinski definition) is 4. The van der Waals surface area contributed by atoms with Crippen molar-refractivity contribution < 1.29 is 0 Å². The third-order valence-corrected chi connectivity index (χ3v) is 3.63. The Balaban J connectivity index is 3.05. The van der Waals surface area contributed by atoms with Crippen molar-refractivity contribution in [3.8, 4) is 0 Å². The highest BCUT2D eigenvalue weighted by Gasteiger charge is 2.36. The number of hydrogen-bond donors (Lipinski definition) is 1. The normalized spacial score (nSPS) is 14.1. The van der Waals surface area contributed by atoms with E-state index in [1.165, 1.54) is 6.33 Å². The summed E-state index contributed by atoms with van der Waals surface area (Å²) in [6.07, 6.45) is 7.16. The summed E-state index contributed by atoms with van der Waals surface area (Å²) in [5, 5.41) is 0. The molecule has 1 aromatic heterocycles. The highest BCUT2D eigenvalue weighted by atomic mass is 15.2. The number of rotatable bonds is 5. The van der Waals surface area contributed by atoms with Crippen molar-refractivity contribution in [1.82, 2.24) is 14.9 Å². The zero-order valence-electron chi connectivity index (χ0n) is 10.6. The van der Waals surface area contributed by atoms with Gasteiger partial charge in [0.2, 0.25) is 0 Å². The number of likely N-dealkylation sites (N-methyl/N-ethyl adjacent to an activating group) is 1. The Kier molecular flexibility index (Phi) is 4.38. The molecule has 0 fully saturated rings. The molecule has 0 saturated carbocycles. The predicted molar refractivity (Wildman–Crippen MR) is 66.0 cm³/mol. The lowest BCUT2D eigenvalue weighted by atomic mass is 9.81. The molecule has 90 valence electrons. The molecule has 0 aliphatic carbocycles. The van der Waals surface area contributed by atoms with Gasteiger partial charge in [0.15, 0.2) is 0 Å². The second-order valence-corrected chi connectivity index (χ2v) is 4.35. The maximum atomic E-state index is 6.37. The highest BCUT2D eigenvalue weighted by Crippen LogP contribution is 2.33. The first-order valence-corrected chi connectivity index (χ1v) is 5.76. The topological polar surface area (TPSA) is 55.0 Å². The summed E-state index contributed by atoms with van der Waals surface area (Å²) < 4.78 is 0. The van der Waals surface area contributed by atoms with E-state index in [0.29, 0.717) is 0 Å². The van der Waals surface area contributed by atoms with Crippen LogP contribution >= 0.6 is 0 Å². The summed E-state index contributed by atoms with van der Waals surface area (Å²) in [5.41, 5.74) is 7.35. The molecular weight excluding hydrogens is 200 g/mol. The fraction of sp³-hybridized carbons (Fsp3) is 0.667. The van der Waals surface area contributed by atoms with Crippen molar-refractivity contribution in [3.05, 3.63) is 24.3 Å². The van der Waals surface area contributed by atoms with Crippen LogP contribution in [0.15, 0.2) is 18.7 Å². The molecule has 4 heteroatoms. The van der Waals surface area contributed by atoms with Crippen LogP contribution in [0.4, 0.5) is 0 Å². The molecule has 0 aliphatic rings. The van der Waals surface area contributed by atoms with Gasteiger partial charge in [-0.05, 0) is 26.9 Å². The van der Waals surface area contributed by atoms with E-state index in [1.807, 2.05) is 0 Å². The summed E-state index contributed by atoms with van der Waals surface area (Å²) in [5.74, 6) is 0. The molecule has 1 heterocycles. The van der Waals surface area contributed by atoms with Gasteiger partial charge in [0.1, 0.15) is 6.33 Å². The zero-order chi connectivity index (χ0) is 12.2. The molecular formula is C12H22N4. The van der Waals surface area contributed by atoms with Crippen LogP contribution in [-0.2, 0) is 0 Å². The number of nitrogens with zero attached hydrogens (tertiary/aromatic N) is 3. The minimum Gasteiger partial charge on any atom is -0.322 e. The average Bonchev–Trinajstić information content (AvgIpc) is 2.32. The Morgan fingerprint density at radius 3 is 2.12 bits per heavy atom. The Morgan fingerprint density at radius 1 is 1.25 bits per heavy atom. The van der Waals surface area contributed by atoms with Crippen LogP contribution in [0.25, 0.3) is 0 Å². The largest absolute Gasteiger partial charge is 0.322 e. The Morgan fingerprint density at radius 2 is 1.75 bits per heavy atom. The molecule has 0 spiro atoms. The molecule has 1 atom stereocenters. The first-order chi connectivity index (χ1) is 7.58. The molecule has 0 amide bonds. The molecule has 0 bridgehead atoms. The van der Waals surface area contributed by atoms with Gasteiger partial charge in [-0.15, -0.1) is 0 Å². The molecule has 0 saturated heterocycles. The SMILES string of the molecule is CCC(CC)(C(N)c1cncnc1)N(C)C. The standard InChI is InChI=1S/C12H22N4/c1-5-12(6-2,16(3)4)11(13)10-7-14-9-15-8-10/h7-9,11H,5-6,13H2,1-4H3. The van der Waals surface area contributed by atoms with E-state index in [2.05, 4.69) is 42.8 Å². The summed E-state index contributed by atoms with van der Waals surface area (Å²) in [6, 6.07) is -0.0568. The van der Waals surface area contributed by atoms with Crippen molar-refractivity contribution in [3.63, 3.8) is 0 Å². The van der Waals surface area contributed by atoms with Gasteiger partial charge >= 0.3 is 0 Å². The molecule has 2 N–H and O–H groups in total. The van der Waals surface area contributed by atoms with Crippen molar-refractivity contribution in [2.75, 3.05) is 14.1 Å². The molecule has 1 unspecified atom stereocenters. The number of aromatic nitrogens is 2. The highest BCUT2D eigenvalue weighted by molar-refractivity contribution is 5.16. The van der Waals surface area contributed by atoms with Gasteiger partial charge < -0.3 is 10.6 Å². The van der Waals surface area contributed by atoms with E-state index in [4.69, 9.17) is 5.73 Å². The quantitative estimate of drug-likeness (QED) is 0.822. The van der Waals surface area contributed by atoms with E-state index in [-0.39, 0.29) is 11.6 Å². The van der Waals surface area contributed by atoms with E-state index >= 15 is 0 Å². The lowest BCUT2D eigenvalue weighted by Crippen LogP contribution is -2.51. The molecule has 0 aliphatic heterocycles. The van der Waals surface area contributed by atoms with E-state index in [1.54, 1.807) is 12.4 Å². The van der Waals surface area contributed by atoms with Gasteiger partial charge in [-0.25, -0.2) is 9.97 Å². The number of nitrogens with two attached hydrogens (primary N) is 1. The van der Waals surface area contributed by atoms with Crippen LogP contribution in [0.5, 0.6) is 0 Å². The first kappa shape index (κ1) is 13.1. The van der Waals surface area contributed by atoms with Crippen LogP contribution in [0.2, 0.25) is 0 Å². The molecule has 0 aromatic carbocycles. The monoisotopic (exact) mass is 222 g/mol. The van der Waals surface area contributed by atoms with Gasteiger partial charge in [0.05, 0.1) is 6.04 Å². The Labute approximate surface area is 97.9 Å².